The summed E-state index contributed by atoms with van der Waals surface area (Å²) in [5.74, 6) is -0.662. The number of hydrogen-bond acceptors (Lipinski definition) is 7. The zero-order chi connectivity index (χ0) is 18.1. The number of carbonyl (C=O) groups is 1. The fourth-order valence-corrected chi connectivity index (χ4v) is 2.64. The fourth-order valence-electron chi connectivity index (χ4n) is 2.06. The molecule has 0 saturated heterocycles. The molecule has 0 spiro atoms. The van der Waals surface area contributed by atoms with Crippen molar-refractivity contribution >= 4 is 45.4 Å². The summed E-state index contributed by atoms with van der Waals surface area (Å²) in [5.41, 5.74) is -0.222. The van der Waals surface area contributed by atoms with Gasteiger partial charge in [0, 0.05) is 17.8 Å². The van der Waals surface area contributed by atoms with Crippen LogP contribution < -0.4 is 15.7 Å². The first-order valence-electron chi connectivity index (χ1n) is 6.65. The number of halogens is 1. The SMILES string of the molecule is Cn1nnc2c(C(=O)Nc3cc(Cl)cc(N[SH](=O)=O)c3)ncn2c1=O. The summed E-state index contributed by atoms with van der Waals surface area (Å²) in [6.07, 6.45) is 1.16. The lowest BCUT2D eigenvalue weighted by Gasteiger charge is -2.07. The maximum absolute atomic E-state index is 12.4. The number of amides is 1. The Morgan fingerprint density at radius 2 is 1.96 bits per heavy atom. The molecule has 0 aliphatic rings. The highest BCUT2D eigenvalue weighted by molar-refractivity contribution is 7.73. The van der Waals surface area contributed by atoms with Crippen LogP contribution in [0.25, 0.3) is 5.65 Å². The molecule has 0 saturated carbocycles. The molecule has 0 aliphatic carbocycles. The van der Waals surface area contributed by atoms with E-state index >= 15 is 0 Å². The molecule has 0 radical (unpaired) electrons. The number of aromatic nitrogens is 5. The largest absolute Gasteiger partial charge is 0.352 e. The van der Waals surface area contributed by atoms with Crippen LogP contribution in [0.3, 0.4) is 0 Å². The Morgan fingerprint density at radius 1 is 1.24 bits per heavy atom. The predicted octanol–water partition coefficient (Wildman–Crippen LogP) is -0.333. The van der Waals surface area contributed by atoms with Crippen LogP contribution in [-0.4, -0.2) is 38.7 Å². The Kier molecular flexibility index (Phi) is 4.37. The number of imidazole rings is 1. The van der Waals surface area contributed by atoms with Crippen LogP contribution in [0.15, 0.2) is 29.3 Å². The number of carbonyl (C=O) groups excluding carboxylic acids is 1. The fraction of sp³-hybridized carbons (Fsp3) is 0.0833. The average molecular weight is 384 g/mol. The Hall–Kier alpha value is -2.99. The normalized spacial score (nSPS) is 11.0. The first-order chi connectivity index (χ1) is 11.8. The lowest BCUT2D eigenvalue weighted by molar-refractivity contribution is 0.102. The maximum Gasteiger partial charge on any atom is 0.352 e. The van der Waals surface area contributed by atoms with Gasteiger partial charge in [0.1, 0.15) is 6.33 Å². The van der Waals surface area contributed by atoms with Gasteiger partial charge in [-0.05, 0) is 18.2 Å². The zero-order valence-electron chi connectivity index (χ0n) is 12.5. The van der Waals surface area contributed by atoms with E-state index in [9.17, 15) is 18.0 Å². The third kappa shape index (κ3) is 3.44. The number of thiol groups is 1. The highest BCUT2D eigenvalue weighted by Crippen LogP contribution is 2.23. The average Bonchev–Trinajstić information content (AvgIpc) is 2.94. The van der Waals surface area contributed by atoms with Gasteiger partial charge in [-0.1, -0.05) is 16.8 Å². The van der Waals surface area contributed by atoms with E-state index in [2.05, 4.69) is 25.3 Å². The summed E-state index contributed by atoms with van der Waals surface area (Å²) in [4.78, 5) is 28.1. The van der Waals surface area contributed by atoms with Crippen molar-refractivity contribution < 1.29 is 13.2 Å². The Bertz CT molecular complexity index is 1110. The monoisotopic (exact) mass is 383 g/mol. The highest BCUT2D eigenvalue weighted by atomic mass is 35.5. The second kappa shape index (κ2) is 6.49. The number of anilines is 2. The lowest BCUT2D eigenvalue weighted by Crippen LogP contribution is -2.27. The van der Waals surface area contributed by atoms with E-state index in [1.165, 1.54) is 25.2 Å². The molecule has 0 atom stereocenters. The molecule has 3 aromatic rings. The number of benzene rings is 1. The van der Waals surface area contributed by atoms with Crippen molar-refractivity contribution in [1.82, 2.24) is 24.4 Å². The van der Waals surface area contributed by atoms with E-state index in [1.807, 2.05) is 0 Å². The van der Waals surface area contributed by atoms with E-state index in [0.717, 1.165) is 15.4 Å². The van der Waals surface area contributed by atoms with E-state index in [0.29, 0.717) is 0 Å². The topological polar surface area (TPSA) is 140 Å². The summed E-state index contributed by atoms with van der Waals surface area (Å²) in [7, 11) is -1.47. The standard InChI is InChI=1S/C12H10ClN7O4S/c1-19-12(22)20-5-14-9(10(20)16-18-19)11(21)15-7-2-6(13)3-8(4-7)17-25(23)24/h2-5,25H,1H3,(H,15,21)(H,17,23,24). The molecule has 0 bridgehead atoms. The van der Waals surface area contributed by atoms with Crippen LogP contribution in [0.5, 0.6) is 0 Å². The van der Waals surface area contributed by atoms with Gasteiger partial charge in [-0.25, -0.2) is 22.6 Å². The Morgan fingerprint density at radius 3 is 2.68 bits per heavy atom. The molecule has 11 nitrogen and oxygen atoms in total. The number of aryl methyl sites for hydroxylation is 1. The number of nitrogens with one attached hydrogen (secondary N) is 2. The van der Waals surface area contributed by atoms with Gasteiger partial charge in [0.15, 0.2) is 11.3 Å². The minimum absolute atomic E-state index is 0.0105. The Labute approximate surface area is 146 Å². The summed E-state index contributed by atoms with van der Waals surface area (Å²) in [6.45, 7) is 0. The van der Waals surface area contributed by atoms with E-state index < -0.39 is 22.5 Å². The van der Waals surface area contributed by atoms with Gasteiger partial charge in [-0.2, -0.15) is 4.68 Å². The molecule has 0 aliphatic heterocycles. The van der Waals surface area contributed by atoms with Gasteiger partial charge in [0.25, 0.3) is 5.91 Å². The molecule has 2 heterocycles. The van der Waals surface area contributed by atoms with Gasteiger partial charge in [0.05, 0.1) is 5.69 Å². The summed E-state index contributed by atoms with van der Waals surface area (Å²) in [6, 6.07) is 4.17. The molecular formula is C12H10ClN7O4S. The minimum Gasteiger partial charge on any atom is -0.320 e. The molecule has 0 fully saturated rings. The molecule has 0 unspecified atom stereocenters. The van der Waals surface area contributed by atoms with Crippen molar-refractivity contribution in [1.29, 1.82) is 0 Å². The van der Waals surface area contributed by atoms with Crippen LogP contribution in [0.1, 0.15) is 10.5 Å². The quantitative estimate of drug-likeness (QED) is 0.524. The van der Waals surface area contributed by atoms with Crippen molar-refractivity contribution in [2.75, 3.05) is 10.0 Å². The van der Waals surface area contributed by atoms with Gasteiger partial charge in [0.2, 0.25) is 10.9 Å². The smallest absolute Gasteiger partial charge is 0.320 e. The molecule has 2 aromatic heterocycles. The number of hydrogen-bond donors (Lipinski definition) is 3. The zero-order valence-corrected chi connectivity index (χ0v) is 14.2. The first kappa shape index (κ1) is 16.9. The molecular weight excluding hydrogens is 374 g/mol. The van der Waals surface area contributed by atoms with Crippen LogP contribution in [0.4, 0.5) is 11.4 Å². The van der Waals surface area contributed by atoms with Crippen LogP contribution >= 0.6 is 11.6 Å². The molecule has 2 N–H and O–H groups in total. The second-order valence-electron chi connectivity index (χ2n) is 4.83. The molecule has 3 rings (SSSR count). The van der Waals surface area contributed by atoms with Crippen molar-refractivity contribution in [3.8, 4) is 0 Å². The van der Waals surface area contributed by atoms with Crippen LogP contribution in [0.2, 0.25) is 5.02 Å². The van der Waals surface area contributed by atoms with E-state index in [1.54, 1.807) is 0 Å². The number of nitrogens with zero attached hydrogens (tertiary/aromatic N) is 5. The Balaban J connectivity index is 1.94. The highest BCUT2D eigenvalue weighted by Gasteiger charge is 2.17. The van der Waals surface area contributed by atoms with Crippen molar-refractivity contribution in [2.45, 2.75) is 0 Å². The first-order valence-corrected chi connectivity index (χ1v) is 8.21. The lowest BCUT2D eigenvalue weighted by atomic mass is 10.2. The third-order valence-electron chi connectivity index (χ3n) is 3.09. The van der Waals surface area contributed by atoms with Crippen molar-refractivity contribution in [3.63, 3.8) is 0 Å². The van der Waals surface area contributed by atoms with Crippen LogP contribution in [0, 0.1) is 0 Å². The number of fused-ring (bicyclic) bond motifs is 1. The summed E-state index contributed by atoms with van der Waals surface area (Å²) < 4.78 is 25.7. The van der Waals surface area contributed by atoms with Gasteiger partial charge in [-0.15, -0.1) is 5.10 Å². The third-order valence-corrected chi connectivity index (χ3v) is 3.75. The molecule has 1 amide bonds. The molecule has 130 valence electrons. The molecule has 13 heteroatoms. The summed E-state index contributed by atoms with van der Waals surface area (Å²) >= 11 is 5.90. The van der Waals surface area contributed by atoms with Crippen LogP contribution in [-0.2, 0) is 17.9 Å². The van der Waals surface area contributed by atoms with E-state index in [4.69, 9.17) is 11.6 Å². The summed E-state index contributed by atoms with van der Waals surface area (Å²) in [5, 5.41) is 10.1. The van der Waals surface area contributed by atoms with Gasteiger partial charge in [-0.3, -0.25) is 9.52 Å². The van der Waals surface area contributed by atoms with Gasteiger partial charge < -0.3 is 5.32 Å². The number of rotatable bonds is 4. The molecule has 1 aromatic carbocycles. The minimum atomic E-state index is -2.88. The predicted molar refractivity (Wildman–Crippen MR) is 89.4 cm³/mol. The van der Waals surface area contributed by atoms with Crippen molar-refractivity contribution in [3.05, 3.63) is 45.7 Å². The van der Waals surface area contributed by atoms with Gasteiger partial charge >= 0.3 is 5.69 Å². The van der Waals surface area contributed by atoms with Crippen molar-refractivity contribution in [2.24, 2.45) is 7.05 Å². The van der Waals surface area contributed by atoms with E-state index in [-0.39, 0.29) is 27.7 Å². The molecule has 25 heavy (non-hydrogen) atoms. The maximum atomic E-state index is 12.4. The second-order valence-corrected chi connectivity index (χ2v) is 6.01.